The Bertz CT molecular complexity index is 166. The van der Waals surface area contributed by atoms with Gasteiger partial charge in [0.15, 0.2) is 0 Å². The summed E-state index contributed by atoms with van der Waals surface area (Å²) in [7, 11) is 0. The first-order chi connectivity index (χ1) is 4.66. The highest BCUT2D eigenvalue weighted by molar-refractivity contribution is 5.93. The Kier molecular flexibility index (Phi) is 4.20. The average molecular weight is 140 g/mol. The van der Waals surface area contributed by atoms with Crippen LogP contribution in [0.3, 0.4) is 0 Å². The number of carbonyl (C=O) groups is 1. The SMILES string of the molecule is CC(C)=C/C(C)=N\NC=O. The first-order valence-corrected chi connectivity index (χ1v) is 3.05. The molecule has 0 rings (SSSR count). The maximum Gasteiger partial charge on any atom is 0.227 e. The number of rotatable bonds is 3. The lowest BCUT2D eigenvalue weighted by Crippen LogP contribution is -2.03. The van der Waals surface area contributed by atoms with E-state index in [1.54, 1.807) is 0 Å². The van der Waals surface area contributed by atoms with Gasteiger partial charge in [-0.25, -0.2) is 5.43 Å². The molecule has 1 N–H and O–H groups in total. The highest BCUT2D eigenvalue weighted by Gasteiger charge is 1.82. The molecule has 0 aliphatic heterocycles. The number of hydrogen-bond donors (Lipinski definition) is 1. The molecule has 0 aromatic rings. The van der Waals surface area contributed by atoms with Crippen molar-refractivity contribution in [1.82, 2.24) is 5.43 Å². The number of hydrazone groups is 1. The summed E-state index contributed by atoms with van der Waals surface area (Å²) < 4.78 is 0. The quantitative estimate of drug-likeness (QED) is 0.355. The third-order valence-electron chi connectivity index (χ3n) is 0.791. The molecule has 10 heavy (non-hydrogen) atoms. The van der Waals surface area contributed by atoms with Crippen molar-refractivity contribution in [3.05, 3.63) is 11.6 Å². The number of nitrogens with zero attached hydrogens (tertiary/aromatic N) is 1. The van der Waals surface area contributed by atoms with Crippen LogP contribution < -0.4 is 5.43 Å². The molecular formula is C7H12N2O. The van der Waals surface area contributed by atoms with Crippen LogP contribution in [-0.4, -0.2) is 12.1 Å². The fourth-order valence-electron chi connectivity index (χ4n) is 0.578. The van der Waals surface area contributed by atoms with Gasteiger partial charge in [0.25, 0.3) is 0 Å². The monoisotopic (exact) mass is 140 g/mol. The molecule has 0 heterocycles. The zero-order valence-corrected chi connectivity index (χ0v) is 6.51. The fraction of sp³-hybridized carbons (Fsp3) is 0.429. The molecule has 0 aromatic heterocycles. The Hall–Kier alpha value is -1.12. The second-order valence-corrected chi connectivity index (χ2v) is 2.22. The van der Waals surface area contributed by atoms with E-state index in [2.05, 4.69) is 10.5 Å². The first-order valence-electron chi connectivity index (χ1n) is 3.05. The van der Waals surface area contributed by atoms with Gasteiger partial charge in [-0.3, -0.25) is 4.79 Å². The minimum absolute atomic E-state index is 0.544. The van der Waals surface area contributed by atoms with E-state index in [1.165, 1.54) is 0 Å². The molecule has 0 radical (unpaired) electrons. The van der Waals surface area contributed by atoms with Crippen molar-refractivity contribution >= 4 is 12.1 Å². The van der Waals surface area contributed by atoms with Gasteiger partial charge >= 0.3 is 0 Å². The molecule has 0 aromatic carbocycles. The summed E-state index contributed by atoms with van der Waals surface area (Å²) in [6.45, 7) is 5.77. The van der Waals surface area contributed by atoms with E-state index in [9.17, 15) is 4.79 Å². The zero-order chi connectivity index (χ0) is 7.98. The maximum absolute atomic E-state index is 9.76. The molecule has 0 spiro atoms. The van der Waals surface area contributed by atoms with Gasteiger partial charge < -0.3 is 0 Å². The highest BCUT2D eigenvalue weighted by Crippen LogP contribution is 1.88. The van der Waals surface area contributed by atoms with Gasteiger partial charge in [-0.05, 0) is 26.8 Å². The van der Waals surface area contributed by atoms with Crippen LogP contribution >= 0.6 is 0 Å². The molecule has 0 atom stereocenters. The van der Waals surface area contributed by atoms with Crippen LogP contribution in [0.4, 0.5) is 0 Å². The fourth-order valence-corrected chi connectivity index (χ4v) is 0.578. The van der Waals surface area contributed by atoms with E-state index in [4.69, 9.17) is 0 Å². The first kappa shape index (κ1) is 8.88. The summed E-state index contributed by atoms with van der Waals surface area (Å²) in [5.41, 5.74) is 4.18. The van der Waals surface area contributed by atoms with E-state index in [0.29, 0.717) is 6.41 Å². The van der Waals surface area contributed by atoms with Gasteiger partial charge in [0.1, 0.15) is 0 Å². The van der Waals surface area contributed by atoms with Gasteiger partial charge in [0.05, 0.1) is 5.71 Å². The molecule has 3 heteroatoms. The second kappa shape index (κ2) is 4.73. The number of amides is 1. The molecule has 0 saturated carbocycles. The largest absolute Gasteiger partial charge is 0.277 e. The predicted molar refractivity (Wildman–Crippen MR) is 41.7 cm³/mol. The average Bonchev–Trinajstić information content (AvgIpc) is 1.82. The van der Waals surface area contributed by atoms with Gasteiger partial charge in [0, 0.05) is 0 Å². The minimum Gasteiger partial charge on any atom is -0.277 e. The third kappa shape index (κ3) is 5.03. The van der Waals surface area contributed by atoms with Crippen LogP contribution in [0.5, 0.6) is 0 Å². The van der Waals surface area contributed by atoms with Crippen LogP contribution in [0, 0.1) is 0 Å². The smallest absolute Gasteiger partial charge is 0.227 e. The Balaban J connectivity index is 3.94. The zero-order valence-electron chi connectivity index (χ0n) is 6.51. The Labute approximate surface area is 60.8 Å². The second-order valence-electron chi connectivity index (χ2n) is 2.22. The molecule has 0 fully saturated rings. The van der Waals surface area contributed by atoms with Crippen molar-refractivity contribution in [1.29, 1.82) is 0 Å². The molecular weight excluding hydrogens is 128 g/mol. The van der Waals surface area contributed by atoms with E-state index < -0.39 is 0 Å². The van der Waals surface area contributed by atoms with Gasteiger partial charge in [-0.1, -0.05) is 5.57 Å². The lowest BCUT2D eigenvalue weighted by molar-refractivity contribution is -0.109. The molecule has 3 nitrogen and oxygen atoms in total. The van der Waals surface area contributed by atoms with E-state index in [0.717, 1.165) is 11.3 Å². The summed E-state index contributed by atoms with van der Waals surface area (Å²) in [6.07, 6.45) is 2.43. The molecule has 1 amide bonds. The molecule has 0 aliphatic carbocycles. The van der Waals surface area contributed by atoms with Crippen molar-refractivity contribution < 1.29 is 4.79 Å². The van der Waals surface area contributed by atoms with Crippen LogP contribution in [0.1, 0.15) is 20.8 Å². The summed E-state index contributed by atoms with van der Waals surface area (Å²) in [6, 6.07) is 0. The van der Waals surface area contributed by atoms with Gasteiger partial charge in [0.2, 0.25) is 6.41 Å². The van der Waals surface area contributed by atoms with Gasteiger partial charge in [-0.15, -0.1) is 0 Å². The Morgan fingerprint density at radius 1 is 1.40 bits per heavy atom. The molecule has 0 saturated heterocycles. The van der Waals surface area contributed by atoms with Crippen molar-refractivity contribution in [2.45, 2.75) is 20.8 Å². The standard InChI is InChI=1S/C7H12N2O/c1-6(2)4-7(3)9-8-5-10/h4-5H,1-3H3,(H,8,10)/b9-7-. The maximum atomic E-state index is 9.76. The van der Waals surface area contributed by atoms with Crippen molar-refractivity contribution in [2.24, 2.45) is 5.10 Å². The molecule has 56 valence electrons. The number of carbonyl (C=O) groups excluding carboxylic acids is 1. The molecule has 0 unspecified atom stereocenters. The molecule has 0 bridgehead atoms. The summed E-state index contributed by atoms with van der Waals surface area (Å²) >= 11 is 0. The predicted octanol–water partition coefficient (Wildman–Crippen LogP) is 1.07. The summed E-state index contributed by atoms with van der Waals surface area (Å²) in [4.78, 5) is 9.76. The Morgan fingerprint density at radius 3 is 2.40 bits per heavy atom. The van der Waals surface area contributed by atoms with Gasteiger partial charge in [-0.2, -0.15) is 5.10 Å². The number of allylic oxidation sites excluding steroid dienone is 2. The van der Waals surface area contributed by atoms with Crippen molar-refractivity contribution in [3.8, 4) is 0 Å². The molecule has 0 aliphatic rings. The summed E-state index contributed by atoms with van der Waals surface area (Å²) in [5.74, 6) is 0. The number of nitrogens with one attached hydrogen (secondary N) is 1. The lowest BCUT2D eigenvalue weighted by Gasteiger charge is -1.91. The van der Waals surface area contributed by atoms with Crippen LogP contribution in [0.15, 0.2) is 16.8 Å². The summed E-state index contributed by atoms with van der Waals surface area (Å²) in [5, 5.41) is 3.70. The van der Waals surface area contributed by atoms with Crippen LogP contribution in [-0.2, 0) is 4.79 Å². The van der Waals surface area contributed by atoms with E-state index in [-0.39, 0.29) is 0 Å². The highest BCUT2D eigenvalue weighted by atomic mass is 16.1. The third-order valence-corrected chi connectivity index (χ3v) is 0.791. The Morgan fingerprint density at radius 2 is 2.00 bits per heavy atom. The topological polar surface area (TPSA) is 41.5 Å². The van der Waals surface area contributed by atoms with E-state index >= 15 is 0 Å². The van der Waals surface area contributed by atoms with Crippen LogP contribution in [0.2, 0.25) is 0 Å². The van der Waals surface area contributed by atoms with Crippen molar-refractivity contribution in [2.75, 3.05) is 0 Å². The number of hydrogen-bond acceptors (Lipinski definition) is 2. The normalized spacial score (nSPS) is 10.5. The van der Waals surface area contributed by atoms with E-state index in [1.807, 2.05) is 26.8 Å². The minimum atomic E-state index is 0.544. The van der Waals surface area contributed by atoms with Crippen LogP contribution in [0.25, 0.3) is 0 Å². The lowest BCUT2D eigenvalue weighted by atomic mass is 10.3. The van der Waals surface area contributed by atoms with Crippen molar-refractivity contribution in [3.63, 3.8) is 0 Å².